The number of carboxylic acid groups (broad SMARTS) is 1. The van der Waals surface area contributed by atoms with E-state index in [1.54, 1.807) is 4.90 Å². The van der Waals surface area contributed by atoms with E-state index < -0.39 is 5.97 Å². The van der Waals surface area contributed by atoms with E-state index in [0.717, 1.165) is 9.13 Å². The van der Waals surface area contributed by atoms with Crippen LogP contribution in [0.2, 0.25) is 0 Å². The monoisotopic (exact) mass is 387 g/mol. The van der Waals surface area contributed by atoms with Crippen LogP contribution in [0.3, 0.4) is 0 Å². The van der Waals surface area contributed by atoms with E-state index in [9.17, 15) is 9.59 Å². The van der Waals surface area contributed by atoms with E-state index in [1.165, 1.54) is 0 Å². The number of benzene rings is 1. The summed E-state index contributed by atoms with van der Waals surface area (Å²) >= 11 is 2.17. The second kappa shape index (κ2) is 6.11. The first-order valence-electron chi connectivity index (χ1n) is 6.68. The van der Waals surface area contributed by atoms with E-state index in [2.05, 4.69) is 22.6 Å². The number of rotatable bonds is 2. The summed E-state index contributed by atoms with van der Waals surface area (Å²) in [5.41, 5.74) is 1.77. The number of nitrogens with zero attached hydrogens (tertiary/aromatic N) is 1. The molecule has 1 saturated heterocycles. The third kappa shape index (κ3) is 3.13. The van der Waals surface area contributed by atoms with Crippen molar-refractivity contribution in [3.63, 3.8) is 0 Å². The highest BCUT2D eigenvalue weighted by molar-refractivity contribution is 14.1. The molecule has 0 aromatic heterocycles. The molecule has 0 radical (unpaired) electrons. The lowest BCUT2D eigenvalue weighted by atomic mass is 9.87. The number of halogens is 1. The van der Waals surface area contributed by atoms with Gasteiger partial charge in [0.25, 0.3) is 5.91 Å². The van der Waals surface area contributed by atoms with Crippen LogP contribution in [0.5, 0.6) is 0 Å². The van der Waals surface area contributed by atoms with Crippen LogP contribution in [0.15, 0.2) is 18.2 Å². The Hall–Kier alpha value is -1.11. The molecule has 1 aromatic carbocycles. The van der Waals surface area contributed by atoms with Crippen LogP contribution in [0.4, 0.5) is 0 Å². The van der Waals surface area contributed by atoms with Gasteiger partial charge in [-0.3, -0.25) is 9.59 Å². The van der Waals surface area contributed by atoms with E-state index in [1.807, 2.05) is 32.0 Å². The molecule has 108 valence electrons. The fourth-order valence-electron chi connectivity index (χ4n) is 2.67. The zero-order valence-electron chi connectivity index (χ0n) is 11.6. The molecule has 1 aliphatic heterocycles. The molecule has 0 bridgehead atoms. The minimum absolute atomic E-state index is 0.00679. The van der Waals surface area contributed by atoms with Crippen molar-refractivity contribution in [2.75, 3.05) is 13.1 Å². The van der Waals surface area contributed by atoms with Crippen LogP contribution in [-0.4, -0.2) is 35.0 Å². The number of hydrogen-bond acceptors (Lipinski definition) is 2. The minimum Gasteiger partial charge on any atom is -0.481 e. The van der Waals surface area contributed by atoms with E-state index in [-0.39, 0.29) is 17.7 Å². The van der Waals surface area contributed by atoms with Gasteiger partial charge in [-0.1, -0.05) is 18.6 Å². The van der Waals surface area contributed by atoms with Crippen molar-refractivity contribution >= 4 is 34.5 Å². The van der Waals surface area contributed by atoms with Crippen LogP contribution >= 0.6 is 22.6 Å². The molecule has 0 spiro atoms. The zero-order chi connectivity index (χ0) is 14.9. The number of aryl methyl sites for hydroxylation is 1. The molecule has 5 heteroatoms. The average Bonchev–Trinajstić information content (AvgIpc) is 2.40. The molecule has 1 fully saturated rings. The summed E-state index contributed by atoms with van der Waals surface area (Å²) < 4.78 is 0.936. The molecule has 20 heavy (non-hydrogen) atoms. The van der Waals surface area contributed by atoms with Crippen molar-refractivity contribution in [3.8, 4) is 0 Å². The van der Waals surface area contributed by atoms with E-state index in [4.69, 9.17) is 5.11 Å². The maximum atomic E-state index is 12.6. The topological polar surface area (TPSA) is 57.6 Å². The normalized spacial score (nSPS) is 22.6. The number of likely N-dealkylation sites (tertiary alicyclic amines) is 1. The van der Waals surface area contributed by atoms with Gasteiger partial charge in [0.2, 0.25) is 0 Å². The largest absolute Gasteiger partial charge is 0.481 e. The second-order valence-electron chi connectivity index (χ2n) is 5.45. The molecular formula is C15H18INO3. The van der Waals surface area contributed by atoms with E-state index >= 15 is 0 Å². The predicted octanol–water partition coefficient (Wildman–Crippen LogP) is 2.78. The fourth-order valence-corrected chi connectivity index (χ4v) is 3.24. The third-order valence-corrected chi connectivity index (χ3v) is 4.80. The molecule has 1 N–H and O–H groups in total. The van der Waals surface area contributed by atoms with Crippen molar-refractivity contribution in [2.24, 2.45) is 11.8 Å². The summed E-state index contributed by atoms with van der Waals surface area (Å²) in [7, 11) is 0. The minimum atomic E-state index is -0.755. The molecule has 1 aliphatic rings. The molecule has 4 nitrogen and oxygen atoms in total. The molecule has 1 amide bonds. The van der Waals surface area contributed by atoms with Gasteiger partial charge < -0.3 is 10.0 Å². The zero-order valence-corrected chi connectivity index (χ0v) is 13.8. The standard InChI is InChI=1S/C15H18INO3/c1-9-3-4-13(16)12(7-9)14(18)17-6-5-11(15(19)20)10(2)8-17/h3-4,7,10-11H,5-6,8H2,1-2H3,(H,19,20). The number of hydrogen-bond donors (Lipinski definition) is 1. The first-order chi connectivity index (χ1) is 9.40. The molecule has 2 atom stereocenters. The van der Waals surface area contributed by atoms with Crippen LogP contribution in [0, 0.1) is 22.3 Å². The van der Waals surface area contributed by atoms with Gasteiger partial charge in [0.05, 0.1) is 11.5 Å². The van der Waals surface area contributed by atoms with Crippen molar-refractivity contribution < 1.29 is 14.7 Å². The summed E-state index contributed by atoms with van der Waals surface area (Å²) in [5, 5.41) is 9.13. The maximum absolute atomic E-state index is 12.6. The van der Waals surface area contributed by atoms with Gasteiger partial charge in [0.15, 0.2) is 0 Å². The summed E-state index contributed by atoms with van der Waals surface area (Å²) in [6, 6.07) is 5.83. The van der Waals surface area contributed by atoms with Crippen LogP contribution in [0.25, 0.3) is 0 Å². The summed E-state index contributed by atoms with van der Waals surface area (Å²) in [6.45, 7) is 4.90. The summed E-state index contributed by atoms with van der Waals surface area (Å²) in [5.74, 6) is -1.09. The second-order valence-corrected chi connectivity index (χ2v) is 6.61. The Kier molecular flexibility index (Phi) is 4.67. The van der Waals surface area contributed by atoms with Crippen molar-refractivity contribution in [2.45, 2.75) is 20.3 Å². The van der Waals surface area contributed by atoms with Crippen molar-refractivity contribution in [1.82, 2.24) is 4.90 Å². The van der Waals surface area contributed by atoms with Gasteiger partial charge in [-0.15, -0.1) is 0 Å². The summed E-state index contributed by atoms with van der Waals surface area (Å²) in [6.07, 6.45) is 0.532. The summed E-state index contributed by atoms with van der Waals surface area (Å²) in [4.78, 5) is 25.5. The quantitative estimate of drug-likeness (QED) is 0.795. The Bertz CT molecular complexity index is 544. The highest BCUT2D eigenvalue weighted by atomic mass is 127. The number of aliphatic carboxylic acids is 1. The van der Waals surface area contributed by atoms with Gasteiger partial charge in [0.1, 0.15) is 0 Å². The number of carbonyl (C=O) groups is 2. The van der Waals surface area contributed by atoms with Crippen LogP contribution in [-0.2, 0) is 4.79 Å². The molecule has 0 saturated carbocycles. The smallest absolute Gasteiger partial charge is 0.306 e. The molecular weight excluding hydrogens is 369 g/mol. The Balaban J connectivity index is 2.15. The molecule has 2 unspecified atom stereocenters. The number of piperidine rings is 1. The SMILES string of the molecule is Cc1ccc(I)c(C(=O)N2CCC(C(=O)O)C(C)C2)c1. The van der Waals surface area contributed by atoms with Gasteiger partial charge in [0, 0.05) is 16.7 Å². The van der Waals surface area contributed by atoms with Crippen LogP contribution < -0.4 is 0 Å². The van der Waals surface area contributed by atoms with Gasteiger partial charge in [-0.05, 0) is 54.0 Å². The highest BCUT2D eigenvalue weighted by Crippen LogP contribution is 2.26. The molecule has 0 aliphatic carbocycles. The number of carbonyl (C=O) groups excluding carboxylic acids is 1. The highest BCUT2D eigenvalue weighted by Gasteiger charge is 2.33. The van der Waals surface area contributed by atoms with Gasteiger partial charge in [-0.2, -0.15) is 0 Å². The lowest BCUT2D eigenvalue weighted by Gasteiger charge is -2.35. The fraction of sp³-hybridized carbons (Fsp3) is 0.467. The molecule has 2 rings (SSSR count). The number of carboxylic acids is 1. The first-order valence-corrected chi connectivity index (χ1v) is 7.76. The lowest BCUT2D eigenvalue weighted by molar-refractivity contribution is -0.145. The molecule has 1 heterocycles. The maximum Gasteiger partial charge on any atom is 0.306 e. The Morgan fingerprint density at radius 2 is 2.10 bits per heavy atom. The first kappa shape index (κ1) is 15.3. The average molecular weight is 387 g/mol. The van der Waals surface area contributed by atoms with Gasteiger partial charge in [-0.25, -0.2) is 0 Å². The lowest BCUT2D eigenvalue weighted by Crippen LogP contribution is -2.45. The van der Waals surface area contributed by atoms with Crippen molar-refractivity contribution in [1.29, 1.82) is 0 Å². The Labute approximate surface area is 132 Å². The predicted molar refractivity (Wildman–Crippen MR) is 84.7 cm³/mol. The van der Waals surface area contributed by atoms with E-state index in [0.29, 0.717) is 25.1 Å². The molecule has 1 aromatic rings. The Morgan fingerprint density at radius 1 is 1.40 bits per heavy atom. The van der Waals surface area contributed by atoms with Crippen LogP contribution in [0.1, 0.15) is 29.3 Å². The Morgan fingerprint density at radius 3 is 2.70 bits per heavy atom. The van der Waals surface area contributed by atoms with Crippen molar-refractivity contribution in [3.05, 3.63) is 32.9 Å². The number of amides is 1. The van der Waals surface area contributed by atoms with Gasteiger partial charge >= 0.3 is 5.97 Å². The third-order valence-electron chi connectivity index (χ3n) is 3.86.